The Kier molecular flexibility index (Phi) is 5.93. The van der Waals surface area contributed by atoms with Gasteiger partial charge in [0.2, 0.25) is 0 Å². The summed E-state index contributed by atoms with van der Waals surface area (Å²) in [6.07, 6.45) is 1.91. The number of amides is 1. The molecule has 1 aliphatic heterocycles. The molecule has 1 aliphatic rings. The monoisotopic (exact) mass is 383 g/mol. The molecule has 0 saturated carbocycles. The molecular weight excluding hydrogens is 366 g/mol. The second-order valence-corrected chi connectivity index (χ2v) is 6.54. The van der Waals surface area contributed by atoms with E-state index in [2.05, 4.69) is 4.74 Å². The quantitative estimate of drug-likeness (QED) is 0.581. The molecule has 138 valence electrons. The average molecular weight is 383 g/mol. The van der Waals surface area contributed by atoms with E-state index in [0.29, 0.717) is 0 Å². The lowest BCUT2D eigenvalue weighted by Gasteiger charge is -2.30. The summed E-state index contributed by atoms with van der Waals surface area (Å²) in [4.78, 5) is 39.2. The number of esters is 2. The van der Waals surface area contributed by atoms with Gasteiger partial charge in [0.1, 0.15) is 0 Å². The molecule has 0 saturated heterocycles. The first-order valence-corrected chi connectivity index (χ1v) is 9.12. The van der Waals surface area contributed by atoms with Crippen molar-refractivity contribution in [3.05, 3.63) is 60.7 Å². The van der Waals surface area contributed by atoms with Crippen molar-refractivity contribution in [1.82, 2.24) is 0 Å². The highest BCUT2D eigenvalue weighted by Gasteiger charge is 2.28. The van der Waals surface area contributed by atoms with E-state index in [9.17, 15) is 14.4 Å². The van der Waals surface area contributed by atoms with E-state index in [4.69, 9.17) is 4.74 Å². The minimum atomic E-state index is -0.788. The van der Waals surface area contributed by atoms with Crippen LogP contribution in [0, 0.1) is 0 Å². The highest BCUT2D eigenvalue weighted by atomic mass is 32.2. The average Bonchev–Trinajstić information content (AvgIpc) is 2.68. The molecule has 0 fully saturated rings. The van der Waals surface area contributed by atoms with Gasteiger partial charge in [-0.05, 0) is 31.2 Å². The minimum absolute atomic E-state index is 0.211. The third-order valence-corrected chi connectivity index (χ3v) is 4.79. The van der Waals surface area contributed by atoms with Gasteiger partial charge in [0.05, 0.1) is 18.0 Å². The third kappa shape index (κ3) is 4.38. The van der Waals surface area contributed by atoms with Crippen LogP contribution in [0.2, 0.25) is 0 Å². The summed E-state index contributed by atoms with van der Waals surface area (Å²) in [5.41, 5.74) is 1.48. The fourth-order valence-electron chi connectivity index (χ4n) is 2.55. The van der Waals surface area contributed by atoms with Crippen LogP contribution in [0.25, 0.3) is 0 Å². The van der Waals surface area contributed by atoms with Crippen LogP contribution in [0.15, 0.2) is 70.5 Å². The Hall–Kier alpha value is -3.06. The highest BCUT2D eigenvalue weighted by molar-refractivity contribution is 7.99. The molecule has 0 radical (unpaired) electrons. The van der Waals surface area contributed by atoms with Crippen LogP contribution >= 0.6 is 11.8 Å². The van der Waals surface area contributed by atoms with E-state index in [-0.39, 0.29) is 12.5 Å². The van der Waals surface area contributed by atoms with Gasteiger partial charge >= 0.3 is 11.9 Å². The fourth-order valence-corrected chi connectivity index (χ4v) is 3.60. The van der Waals surface area contributed by atoms with Crippen LogP contribution in [0.1, 0.15) is 6.92 Å². The summed E-state index contributed by atoms with van der Waals surface area (Å²) in [5.74, 6) is -1.81. The molecule has 0 atom stereocenters. The van der Waals surface area contributed by atoms with Crippen LogP contribution in [-0.4, -0.2) is 31.1 Å². The predicted octanol–water partition coefficient (Wildman–Crippen LogP) is 3.48. The maximum Gasteiger partial charge on any atom is 0.331 e. The molecule has 0 spiro atoms. The largest absolute Gasteiger partial charge is 0.463 e. The van der Waals surface area contributed by atoms with E-state index >= 15 is 0 Å². The van der Waals surface area contributed by atoms with E-state index < -0.39 is 18.5 Å². The number of carbonyl (C=O) groups excluding carboxylic acids is 3. The maximum atomic E-state index is 12.8. The molecule has 1 amide bonds. The fraction of sp³-hybridized carbons (Fsp3) is 0.150. The SMILES string of the molecule is CCOC(=O)C=CC(=O)OCC(=O)N1c2ccccc2Sc2ccccc21. The van der Waals surface area contributed by atoms with E-state index in [1.165, 1.54) is 0 Å². The standard InChI is InChI=1S/C20H17NO5S/c1-2-25-19(23)11-12-20(24)26-13-18(22)21-14-7-3-5-9-16(14)27-17-10-6-4-8-15(17)21/h3-12H,2,13H2,1H3. The Morgan fingerprint density at radius 2 is 1.41 bits per heavy atom. The van der Waals surface area contributed by atoms with Crippen molar-refractivity contribution in [1.29, 1.82) is 0 Å². The zero-order chi connectivity index (χ0) is 19.2. The first-order valence-electron chi connectivity index (χ1n) is 8.30. The lowest BCUT2D eigenvalue weighted by Crippen LogP contribution is -2.32. The number of nitrogens with zero attached hydrogens (tertiary/aromatic N) is 1. The first-order chi connectivity index (χ1) is 13.1. The van der Waals surface area contributed by atoms with Gasteiger partial charge in [-0.25, -0.2) is 9.59 Å². The normalized spacial score (nSPS) is 12.3. The number of benzene rings is 2. The Labute approximate surface area is 160 Å². The van der Waals surface area contributed by atoms with Gasteiger partial charge in [0, 0.05) is 21.9 Å². The van der Waals surface area contributed by atoms with E-state index in [1.54, 1.807) is 23.6 Å². The molecule has 0 bridgehead atoms. The first kappa shape index (κ1) is 18.7. The number of hydrogen-bond acceptors (Lipinski definition) is 6. The second kappa shape index (κ2) is 8.55. The zero-order valence-corrected chi connectivity index (χ0v) is 15.4. The molecule has 27 heavy (non-hydrogen) atoms. The summed E-state index contributed by atoms with van der Waals surface area (Å²) < 4.78 is 9.66. The Bertz CT molecular complexity index is 863. The summed E-state index contributed by atoms with van der Waals surface area (Å²) >= 11 is 1.58. The van der Waals surface area contributed by atoms with Crippen molar-refractivity contribution in [2.45, 2.75) is 16.7 Å². The van der Waals surface area contributed by atoms with Gasteiger partial charge < -0.3 is 9.47 Å². The van der Waals surface area contributed by atoms with Crippen LogP contribution in [0.3, 0.4) is 0 Å². The number of para-hydroxylation sites is 2. The molecule has 7 heteroatoms. The Morgan fingerprint density at radius 1 is 0.889 bits per heavy atom. The van der Waals surface area contributed by atoms with Crippen molar-refractivity contribution >= 4 is 41.0 Å². The molecule has 0 N–H and O–H groups in total. The molecule has 0 unspecified atom stereocenters. The number of rotatable bonds is 5. The van der Waals surface area contributed by atoms with E-state index in [1.807, 2.05) is 48.5 Å². The molecule has 1 heterocycles. The van der Waals surface area contributed by atoms with Crippen molar-refractivity contribution < 1.29 is 23.9 Å². The summed E-state index contributed by atoms with van der Waals surface area (Å²) in [6, 6.07) is 15.1. The number of carbonyl (C=O) groups is 3. The Balaban J connectivity index is 1.73. The van der Waals surface area contributed by atoms with Crippen molar-refractivity contribution in [3.8, 4) is 0 Å². The van der Waals surface area contributed by atoms with Crippen molar-refractivity contribution in [3.63, 3.8) is 0 Å². The smallest absolute Gasteiger partial charge is 0.331 e. The summed E-state index contributed by atoms with van der Waals surface area (Å²) in [6.45, 7) is 1.43. The molecule has 6 nitrogen and oxygen atoms in total. The minimum Gasteiger partial charge on any atom is -0.463 e. The summed E-state index contributed by atoms with van der Waals surface area (Å²) in [7, 11) is 0. The lowest BCUT2D eigenvalue weighted by molar-refractivity contribution is -0.143. The van der Waals surface area contributed by atoms with Crippen LogP contribution in [-0.2, 0) is 23.9 Å². The molecule has 2 aromatic carbocycles. The van der Waals surface area contributed by atoms with Crippen molar-refractivity contribution in [2.24, 2.45) is 0 Å². The maximum absolute atomic E-state index is 12.8. The molecule has 0 aromatic heterocycles. The van der Waals surface area contributed by atoms with Crippen LogP contribution < -0.4 is 4.90 Å². The number of fused-ring (bicyclic) bond motifs is 2. The van der Waals surface area contributed by atoms with Gasteiger partial charge in [-0.2, -0.15) is 0 Å². The number of anilines is 2. The van der Waals surface area contributed by atoms with Gasteiger partial charge in [0.15, 0.2) is 6.61 Å². The predicted molar refractivity (Wildman–Crippen MR) is 101 cm³/mol. The second-order valence-electron chi connectivity index (χ2n) is 5.46. The molecular formula is C20H17NO5S. The van der Waals surface area contributed by atoms with Gasteiger partial charge in [0.25, 0.3) is 5.91 Å². The van der Waals surface area contributed by atoms with Gasteiger partial charge in [-0.15, -0.1) is 0 Å². The van der Waals surface area contributed by atoms with Gasteiger partial charge in [-0.1, -0.05) is 36.0 Å². The highest BCUT2D eigenvalue weighted by Crippen LogP contribution is 2.47. The zero-order valence-electron chi connectivity index (χ0n) is 14.6. The van der Waals surface area contributed by atoms with E-state index in [0.717, 1.165) is 33.3 Å². The third-order valence-electron chi connectivity index (χ3n) is 3.66. The topological polar surface area (TPSA) is 72.9 Å². The molecule has 0 aliphatic carbocycles. The Morgan fingerprint density at radius 3 is 1.96 bits per heavy atom. The van der Waals surface area contributed by atoms with Crippen LogP contribution in [0.4, 0.5) is 11.4 Å². The number of hydrogen-bond donors (Lipinski definition) is 0. The summed E-state index contributed by atoms with van der Waals surface area (Å²) in [5, 5.41) is 0. The molecule has 2 aromatic rings. The molecule has 3 rings (SSSR count). The lowest BCUT2D eigenvalue weighted by atomic mass is 10.2. The van der Waals surface area contributed by atoms with Crippen LogP contribution in [0.5, 0.6) is 0 Å². The van der Waals surface area contributed by atoms with Gasteiger partial charge in [-0.3, -0.25) is 9.69 Å². The number of ether oxygens (including phenoxy) is 2. The van der Waals surface area contributed by atoms with Crippen molar-refractivity contribution in [2.75, 3.05) is 18.1 Å².